The van der Waals surface area contributed by atoms with Crippen molar-refractivity contribution in [3.05, 3.63) is 17.5 Å². The molecule has 0 radical (unpaired) electrons. The first-order chi connectivity index (χ1) is 6.06. The van der Waals surface area contributed by atoms with Gasteiger partial charge in [-0.2, -0.15) is 5.10 Å². The van der Waals surface area contributed by atoms with Crippen molar-refractivity contribution in [3.63, 3.8) is 0 Å². The smallest absolute Gasteiger partial charge is 0.282 e. The molecule has 6 heteroatoms. The lowest BCUT2D eigenvalue weighted by Gasteiger charge is -2.06. The number of aryl methyl sites for hydroxylation is 1. The van der Waals surface area contributed by atoms with Gasteiger partial charge in [-0.1, -0.05) is 0 Å². The molecule has 0 aromatic carbocycles. The normalized spacial score (nSPS) is 13.7. The Balaban J connectivity index is 3.04. The van der Waals surface area contributed by atoms with Crippen LogP contribution in [0.25, 0.3) is 0 Å². The summed E-state index contributed by atoms with van der Waals surface area (Å²) in [6.07, 6.45) is -2.41. The summed E-state index contributed by atoms with van der Waals surface area (Å²) in [5, 5.41) is 12.8. The first kappa shape index (κ1) is 10.1. The molecular weight excluding hydrogens is 180 g/mol. The minimum atomic E-state index is -2.68. The second-order valence-corrected chi connectivity index (χ2v) is 2.70. The summed E-state index contributed by atoms with van der Waals surface area (Å²) < 4.78 is 25.9. The molecule has 0 saturated carbocycles. The van der Waals surface area contributed by atoms with Crippen LogP contribution in [0.15, 0.2) is 6.20 Å². The number of nitrogens with two attached hydrogens (primary N) is 1. The lowest BCUT2D eigenvalue weighted by molar-refractivity contribution is 0.133. The first-order valence-corrected chi connectivity index (χ1v) is 3.76. The number of alkyl halides is 2. The van der Waals surface area contributed by atoms with Gasteiger partial charge in [0.05, 0.1) is 6.10 Å². The Kier molecular flexibility index (Phi) is 2.94. The summed E-state index contributed by atoms with van der Waals surface area (Å²) in [5.41, 5.74) is 4.85. The molecule has 13 heavy (non-hydrogen) atoms. The van der Waals surface area contributed by atoms with E-state index in [1.54, 1.807) is 0 Å². The zero-order chi connectivity index (χ0) is 10.0. The largest absolute Gasteiger partial charge is 0.387 e. The van der Waals surface area contributed by atoms with Crippen LogP contribution in [-0.4, -0.2) is 21.4 Å². The number of rotatable bonds is 3. The zero-order valence-electron chi connectivity index (χ0n) is 7.11. The van der Waals surface area contributed by atoms with Crippen molar-refractivity contribution in [3.8, 4) is 0 Å². The van der Waals surface area contributed by atoms with E-state index < -0.39 is 18.2 Å². The molecule has 1 aromatic heterocycles. The second-order valence-electron chi connectivity index (χ2n) is 2.70. The summed E-state index contributed by atoms with van der Waals surface area (Å²) in [6, 6.07) is 0. The third-order valence-corrected chi connectivity index (χ3v) is 1.68. The number of aliphatic hydroxyl groups is 1. The average Bonchev–Trinajstić information content (AvgIpc) is 2.46. The lowest BCUT2D eigenvalue weighted by atomic mass is 10.1. The van der Waals surface area contributed by atoms with Crippen molar-refractivity contribution in [2.24, 2.45) is 12.8 Å². The molecule has 0 aliphatic rings. The van der Waals surface area contributed by atoms with Gasteiger partial charge in [0.1, 0.15) is 5.69 Å². The fourth-order valence-corrected chi connectivity index (χ4v) is 1.08. The van der Waals surface area contributed by atoms with E-state index in [0.717, 1.165) is 0 Å². The van der Waals surface area contributed by atoms with Crippen molar-refractivity contribution in [2.45, 2.75) is 12.5 Å². The molecule has 1 atom stereocenters. The highest BCUT2D eigenvalue weighted by Gasteiger charge is 2.21. The SMILES string of the molecule is Cn1cc([C@H](O)CN)c(C(F)F)n1. The van der Waals surface area contributed by atoms with Crippen LogP contribution in [0.2, 0.25) is 0 Å². The number of aliphatic hydroxyl groups excluding tert-OH is 1. The molecule has 0 spiro atoms. The third-order valence-electron chi connectivity index (χ3n) is 1.68. The van der Waals surface area contributed by atoms with Gasteiger partial charge in [0.25, 0.3) is 6.43 Å². The summed E-state index contributed by atoms with van der Waals surface area (Å²) in [5.74, 6) is 0. The molecule has 0 saturated heterocycles. The second kappa shape index (κ2) is 3.80. The Morgan fingerprint density at radius 3 is 2.77 bits per heavy atom. The molecule has 0 amide bonds. The number of nitrogens with zero attached hydrogens (tertiary/aromatic N) is 2. The number of halogens is 2. The maximum atomic E-state index is 12.3. The predicted molar refractivity (Wildman–Crippen MR) is 42.2 cm³/mol. The van der Waals surface area contributed by atoms with Crippen molar-refractivity contribution in [1.29, 1.82) is 0 Å². The molecule has 1 rings (SSSR count). The third kappa shape index (κ3) is 2.02. The molecule has 3 N–H and O–H groups in total. The Morgan fingerprint density at radius 1 is 1.69 bits per heavy atom. The maximum absolute atomic E-state index is 12.3. The van der Waals surface area contributed by atoms with Crippen molar-refractivity contribution in [2.75, 3.05) is 6.54 Å². The number of hydrogen-bond donors (Lipinski definition) is 2. The quantitative estimate of drug-likeness (QED) is 0.724. The monoisotopic (exact) mass is 191 g/mol. The Labute approximate surface area is 74.0 Å². The Morgan fingerprint density at radius 2 is 2.31 bits per heavy atom. The fourth-order valence-electron chi connectivity index (χ4n) is 1.08. The van der Waals surface area contributed by atoms with Gasteiger partial charge in [-0.3, -0.25) is 4.68 Å². The molecule has 74 valence electrons. The van der Waals surface area contributed by atoms with Crippen LogP contribution in [0.5, 0.6) is 0 Å². The summed E-state index contributed by atoms with van der Waals surface area (Å²) in [4.78, 5) is 0. The molecule has 0 aliphatic carbocycles. The van der Waals surface area contributed by atoms with Crippen LogP contribution in [0.1, 0.15) is 23.8 Å². The summed E-state index contributed by atoms with van der Waals surface area (Å²) >= 11 is 0. The van der Waals surface area contributed by atoms with E-state index in [1.165, 1.54) is 17.9 Å². The fraction of sp³-hybridized carbons (Fsp3) is 0.571. The highest BCUT2D eigenvalue weighted by molar-refractivity contribution is 5.21. The van der Waals surface area contributed by atoms with Gasteiger partial charge in [0.15, 0.2) is 0 Å². The minimum Gasteiger partial charge on any atom is -0.387 e. The Hall–Kier alpha value is -1.01. The highest BCUT2D eigenvalue weighted by atomic mass is 19.3. The molecular formula is C7H11F2N3O. The highest BCUT2D eigenvalue weighted by Crippen LogP contribution is 2.25. The minimum absolute atomic E-state index is 0.0919. The topological polar surface area (TPSA) is 64.1 Å². The van der Waals surface area contributed by atoms with Crippen LogP contribution in [0.4, 0.5) is 8.78 Å². The molecule has 0 aliphatic heterocycles. The van der Waals surface area contributed by atoms with Gasteiger partial charge in [-0.05, 0) is 0 Å². The van der Waals surface area contributed by atoms with Crippen LogP contribution >= 0.6 is 0 Å². The first-order valence-electron chi connectivity index (χ1n) is 3.76. The summed E-state index contributed by atoms with van der Waals surface area (Å²) in [6.45, 7) is -0.0919. The van der Waals surface area contributed by atoms with Crippen molar-refractivity contribution in [1.82, 2.24) is 9.78 Å². The van der Waals surface area contributed by atoms with Crippen molar-refractivity contribution < 1.29 is 13.9 Å². The molecule has 4 nitrogen and oxygen atoms in total. The van der Waals surface area contributed by atoms with Crippen LogP contribution in [-0.2, 0) is 7.05 Å². The van der Waals surface area contributed by atoms with Gasteiger partial charge >= 0.3 is 0 Å². The van der Waals surface area contributed by atoms with E-state index in [-0.39, 0.29) is 12.1 Å². The van der Waals surface area contributed by atoms with Gasteiger partial charge in [-0.15, -0.1) is 0 Å². The number of hydrogen-bond acceptors (Lipinski definition) is 3. The lowest BCUT2D eigenvalue weighted by Crippen LogP contribution is -2.12. The van der Waals surface area contributed by atoms with E-state index in [1.807, 2.05) is 0 Å². The standard InChI is InChI=1S/C7H11F2N3O/c1-12-3-4(5(13)2-10)6(11-12)7(8)9/h3,5,7,13H,2,10H2,1H3/t5-/m1/s1. The van der Waals surface area contributed by atoms with E-state index >= 15 is 0 Å². The molecule has 0 bridgehead atoms. The van der Waals surface area contributed by atoms with E-state index in [0.29, 0.717) is 0 Å². The molecule has 1 aromatic rings. The van der Waals surface area contributed by atoms with Crippen LogP contribution in [0.3, 0.4) is 0 Å². The van der Waals surface area contributed by atoms with Gasteiger partial charge in [0.2, 0.25) is 0 Å². The average molecular weight is 191 g/mol. The Bertz CT molecular complexity index is 287. The van der Waals surface area contributed by atoms with Gasteiger partial charge in [0, 0.05) is 25.4 Å². The zero-order valence-corrected chi connectivity index (χ0v) is 7.11. The summed E-state index contributed by atoms with van der Waals surface area (Å²) in [7, 11) is 1.51. The van der Waals surface area contributed by atoms with E-state index in [2.05, 4.69) is 5.10 Å². The van der Waals surface area contributed by atoms with Crippen LogP contribution < -0.4 is 5.73 Å². The maximum Gasteiger partial charge on any atom is 0.282 e. The molecule has 0 unspecified atom stereocenters. The number of aromatic nitrogens is 2. The molecule has 0 fully saturated rings. The van der Waals surface area contributed by atoms with E-state index in [9.17, 15) is 13.9 Å². The van der Waals surface area contributed by atoms with E-state index in [4.69, 9.17) is 5.73 Å². The van der Waals surface area contributed by atoms with Crippen LogP contribution in [0, 0.1) is 0 Å². The van der Waals surface area contributed by atoms with Crippen molar-refractivity contribution >= 4 is 0 Å². The predicted octanol–water partition coefficient (Wildman–Crippen LogP) is 0.350. The van der Waals surface area contributed by atoms with Gasteiger partial charge < -0.3 is 10.8 Å². The van der Waals surface area contributed by atoms with Gasteiger partial charge in [-0.25, -0.2) is 8.78 Å². The molecule has 1 heterocycles.